The molecule has 2 aromatic rings. The van der Waals surface area contributed by atoms with Gasteiger partial charge in [0.05, 0.1) is 19.0 Å². The SMILES string of the molecule is COc1ccccc1CNc1ccc(C(=O)NCC(C)C)nc1. The summed E-state index contributed by atoms with van der Waals surface area (Å²) in [7, 11) is 1.66. The van der Waals surface area contributed by atoms with E-state index in [0.29, 0.717) is 24.7 Å². The Labute approximate surface area is 137 Å². The first kappa shape index (κ1) is 16.8. The minimum Gasteiger partial charge on any atom is -0.496 e. The third-order valence-corrected chi connectivity index (χ3v) is 3.34. The predicted octanol–water partition coefficient (Wildman–Crippen LogP) is 3.09. The lowest BCUT2D eigenvalue weighted by Crippen LogP contribution is -2.27. The van der Waals surface area contributed by atoms with E-state index in [9.17, 15) is 4.79 Å². The maximum Gasteiger partial charge on any atom is 0.269 e. The average molecular weight is 313 g/mol. The van der Waals surface area contributed by atoms with Crippen molar-refractivity contribution in [2.75, 3.05) is 19.0 Å². The van der Waals surface area contributed by atoms with E-state index in [4.69, 9.17) is 4.74 Å². The second-order valence-corrected chi connectivity index (χ2v) is 5.70. The summed E-state index contributed by atoms with van der Waals surface area (Å²) in [6, 6.07) is 11.4. The number of pyridine rings is 1. The van der Waals surface area contributed by atoms with Gasteiger partial charge in [0.1, 0.15) is 11.4 Å². The number of nitrogens with one attached hydrogen (secondary N) is 2. The van der Waals surface area contributed by atoms with E-state index < -0.39 is 0 Å². The second kappa shape index (κ2) is 8.17. The van der Waals surface area contributed by atoms with E-state index in [-0.39, 0.29) is 5.91 Å². The summed E-state index contributed by atoms with van der Waals surface area (Å²) in [6.07, 6.45) is 1.67. The summed E-state index contributed by atoms with van der Waals surface area (Å²) in [6.45, 7) is 5.38. The van der Waals surface area contributed by atoms with Crippen molar-refractivity contribution in [1.82, 2.24) is 10.3 Å². The van der Waals surface area contributed by atoms with Crippen molar-refractivity contribution in [2.24, 2.45) is 5.92 Å². The first-order chi connectivity index (χ1) is 11.1. The molecule has 0 aliphatic heterocycles. The van der Waals surface area contributed by atoms with E-state index >= 15 is 0 Å². The maximum absolute atomic E-state index is 11.9. The average Bonchev–Trinajstić information content (AvgIpc) is 2.58. The number of amides is 1. The topological polar surface area (TPSA) is 63.2 Å². The number of methoxy groups -OCH3 is 1. The molecule has 0 spiro atoms. The molecule has 0 unspecified atom stereocenters. The van der Waals surface area contributed by atoms with Crippen molar-refractivity contribution < 1.29 is 9.53 Å². The first-order valence-corrected chi connectivity index (χ1v) is 7.70. The van der Waals surface area contributed by atoms with Crippen LogP contribution in [0.5, 0.6) is 5.75 Å². The van der Waals surface area contributed by atoms with Crippen LogP contribution in [-0.4, -0.2) is 24.5 Å². The number of aromatic nitrogens is 1. The van der Waals surface area contributed by atoms with Crippen LogP contribution in [0.25, 0.3) is 0 Å². The molecule has 23 heavy (non-hydrogen) atoms. The van der Waals surface area contributed by atoms with E-state index in [1.165, 1.54) is 0 Å². The molecule has 1 aromatic carbocycles. The quantitative estimate of drug-likeness (QED) is 0.824. The Kier molecular flexibility index (Phi) is 5.97. The number of hydrogen-bond acceptors (Lipinski definition) is 4. The molecule has 0 aliphatic carbocycles. The summed E-state index contributed by atoms with van der Waals surface area (Å²) in [5.41, 5.74) is 2.35. The van der Waals surface area contributed by atoms with Gasteiger partial charge in [-0.05, 0) is 24.1 Å². The number of para-hydroxylation sites is 1. The Morgan fingerprint density at radius 3 is 2.65 bits per heavy atom. The van der Waals surface area contributed by atoms with Crippen molar-refractivity contribution in [3.05, 3.63) is 53.9 Å². The van der Waals surface area contributed by atoms with Crippen molar-refractivity contribution in [3.63, 3.8) is 0 Å². The molecule has 0 atom stereocenters. The van der Waals surface area contributed by atoms with Crippen LogP contribution in [0.1, 0.15) is 29.9 Å². The Morgan fingerprint density at radius 1 is 1.22 bits per heavy atom. The van der Waals surface area contributed by atoms with Gasteiger partial charge in [0.2, 0.25) is 0 Å². The molecule has 5 heteroatoms. The van der Waals surface area contributed by atoms with Crippen LogP contribution < -0.4 is 15.4 Å². The molecule has 0 fully saturated rings. The molecule has 0 saturated carbocycles. The molecular formula is C18H23N3O2. The molecule has 0 saturated heterocycles. The highest BCUT2D eigenvalue weighted by molar-refractivity contribution is 5.92. The molecule has 0 aliphatic rings. The number of ether oxygens (including phenoxy) is 1. The third-order valence-electron chi connectivity index (χ3n) is 3.34. The normalized spacial score (nSPS) is 10.4. The van der Waals surface area contributed by atoms with Gasteiger partial charge in [-0.1, -0.05) is 32.0 Å². The highest BCUT2D eigenvalue weighted by Gasteiger charge is 2.07. The number of carbonyl (C=O) groups is 1. The Morgan fingerprint density at radius 2 is 2.00 bits per heavy atom. The number of rotatable bonds is 7. The molecule has 2 rings (SSSR count). The Balaban J connectivity index is 1.93. The lowest BCUT2D eigenvalue weighted by Gasteiger charge is -2.11. The maximum atomic E-state index is 11.9. The lowest BCUT2D eigenvalue weighted by atomic mass is 10.2. The predicted molar refractivity (Wildman–Crippen MR) is 91.7 cm³/mol. The summed E-state index contributed by atoms with van der Waals surface area (Å²) in [4.78, 5) is 16.1. The van der Waals surface area contributed by atoms with Crippen LogP contribution >= 0.6 is 0 Å². The largest absolute Gasteiger partial charge is 0.496 e. The smallest absolute Gasteiger partial charge is 0.269 e. The number of carbonyl (C=O) groups excluding carboxylic acids is 1. The summed E-state index contributed by atoms with van der Waals surface area (Å²) < 4.78 is 5.32. The van der Waals surface area contributed by atoms with E-state index in [1.807, 2.05) is 30.3 Å². The molecule has 5 nitrogen and oxygen atoms in total. The van der Waals surface area contributed by atoms with Crippen molar-refractivity contribution >= 4 is 11.6 Å². The monoisotopic (exact) mass is 313 g/mol. The number of benzene rings is 1. The van der Waals surface area contributed by atoms with Gasteiger partial charge in [-0.25, -0.2) is 4.98 Å². The highest BCUT2D eigenvalue weighted by atomic mass is 16.5. The van der Waals surface area contributed by atoms with Crippen molar-refractivity contribution in [3.8, 4) is 5.75 Å². The van der Waals surface area contributed by atoms with E-state index in [1.54, 1.807) is 19.4 Å². The molecule has 2 N–H and O–H groups in total. The van der Waals surface area contributed by atoms with Gasteiger partial charge in [-0.15, -0.1) is 0 Å². The summed E-state index contributed by atoms with van der Waals surface area (Å²) in [5.74, 6) is 1.12. The van der Waals surface area contributed by atoms with Crippen LogP contribution in [0.4, 0.5) is 5.69 Å². The lowest BCUT2D eigenvalue weighted by molar-refractivity contribution is 0.0944. The summed E-state index contributed by atoms with van der Waals surface area (Å²) in [5, 5.41) is 6.13. The fourth-order valence-corrected chi connectivity index (χ4v) is 2.07. The third kappa shape index (κ3) is 4.98. The van der Waals surface area contributed by atoms with Crippen LogP contribution in [-0.2, 0) is 6.54 Å². The standard InChI is InChI=1S/C18H23N3O2/c1-13(2)10-21-18(22)16-9-8-15(12-20-16)19-11-14-6-4-5-7-17(14)23-3/h4-9,12-13,19H,10-11H2,1-3H3,(H,21,22). The zero-order chi connectivity index (χ0) is 16.7. The van der Waals surface area contributed by atoms with E-state index in [2.05, 4.69) is 29.5 Å². The molecule has 122 valence electrons. The van der Waals surface area contributed by atoms with Gasteiger partial charge in [-0.2, -0.15) is 0 Å². The van der Waals surface area contributed by atoms with Gasteiger partial charge in [0, 0.05) is 18.7 Å². The van der Waals surface area contributed by atoms with Crippen LogP contribution in [0, 0.1) is 5.92 Å². The van der Waals surface area contributed by atoms with Gasteiger partial charge in [-0.3, -0.25) is 4.79 Å². The molecule has 1 amide bonds. The number of anilines is 1. The molecule has 0 bridgehead atoms. The molecular weight excluding hydrogens is 290 g/mol. The highest BCUT2D eigenvalue weighted by Crippen LogP contribution is 2.18. The Bertz CT molecular complexity index is 639. The molecule has 1 aromatic heterocycles. The van der Waals surface area contributed by atoms with Crippen LogP contribution in [0.15, 0.2) is 42.6 Å². The summed E-state index contributed by atoms with van der Waals surface area (Å²) >= 11 is 0. The molecule has 1 heterocycles. The number of hydrogen-bond donors (Lipinski definition) is 2. The Hall–Kier alpha value is -2.56. The van der Waals surface area contributed by atoms with Crippen molar-refractivity contribution in [2.45, 2.75) is 20.4 Å². The zero-order valence-corrected chi connectivity index (χ0v) is 13.8. The minimum absolute atomic E-state index is 0.144. The zero-order valence-electron chi connectivity index (χ0n) is 13.8. The van der Waals surface area contributed by atoms with Crippen LogP contribution in [0.3, 0.4) is 0 Å². The van der Waals surface area contributed by atoms with Gasteiger partial charge < -0.3 is 15.4 Å². The van der Waals surface area contributed by atoms with Gasteiger partial charge in [0.25, 0.3) is 5.91 Å². The number of nitrogens with zero attached hydrogens (tertiary/aromatic N) is 1. The van der Waals surface area contributed by atoms with E-state index in [0.717, 1.165) is 17.0 Å². The van der Waals surface area contributed by atoms with Gasteiger partial charge in [0.15, 0.2) is 0 Å². The molecule has 0 radical (unpaired) electrons. The fourth-order valence-electron chi connectivity index (χ4n) is 2.07. The second-order valence-electron chi connectivity index (χ2n) is 5.70. The minimum atomic E-state index is -0.144. The van der Waals surface area contributed by atoms with Gasteiger partial charge >= 0.3 is 0 Å². The fraction of sp³-hybridized carbons (Fsp3) is 0.333. The first-order valence-electron chi connectivity index (χ1n) is 7.70. The van der Waals surface area contributed by atoms with Crippen LogP contribution in [0.2, 0.25) is 0 Å². The van der Waals surface area contributed by atoms with Crippen molar-refractivity contribution in [1.29, 1.82) is 0 Å².